The van der Waals surface area contributed by atoms with Crippen LogP contribution in [0, 0.1) is 0 Å². The summed E-state index contributed by atoms with van der Waals surface area (Å²) in [6.45, 7) is 3.32. The van der Waals surface area contributed by atoms with E-state index in [-0.39, 0.29) is 0 Å². The molecule has 6 nitrogen and oxygen atoms in total. The van der Waals surface area contributed by atoms with Gasteiger partial charge in [0.15, 0.2) is 0 Å². The summed E-state index contributed by atoms with van der Waals surface area (Å²) in [5, 5.41) is 4.70. The molecule has 2 aliphatic rings. The van der Waals surface area contributed by atoms with E-state index in [1.807, 2.05) is 12.3 Å². The molecule has 6 heteroatoms. The molecule has 29 heavy (non-hydrogen) atoms. The van der Waals surface area contributed by atoms with E-state index in [0.717, 1.165) is 50.4 Å². The first-order chi connectivity index (χ1) is 14.3. The first kappa shape index (κ1) is 17.9. The predicted molar refractivity (Wildman–Crippen MR) is 115 cm³/mol. The third kappa shape index (κ3) is 4.17. The molecule has 0 spiro atoms. The van der Waals surface area contributed by atoms with E-state index in [1.165, 1.54) is 16.6 Å². The fourth-order valence-electron chi connectivity index (χ4n) is 3.89. The van der Waals surface area contributed by atoms with Gasteiger partial charge in [-0.15, -0.1) is 0 Å². The SMILES string of the molecule is C1=CN(Cc2cc3ccccc3[nH]2)CC=C1c1ccnc(NC2CCOCC2)n1. The molecule has 2 aromatic heterocycles. The van der Waals surface area contributed by atoms with Gasteiger partial charge in [-0.3, -0.25) is 0 Å². The molecular formula is C23H25N5O. The van der Waals surface area contributed by atoms with E-state index in [2.05, 4.69) is 68.9 Å². The first-order valence-corrected chi connectivity index (χ1v) is 10.2. The van der Waals surface area contributed by atoms with Gasteiger partial charge in [0.1, 0.15) is 0 Å². The van der Waals surface area contributed by atoms with E-state index in [1.54, 1.807) is 0 Å². The normalized spacial score (nSPS) is 17.5. The number of para-hydroxylation sites is 1. The Hall–Kier alpha value is -3.12. The van der Waals surface area contributed by atoms with Crippen LogP contribution in [0.5, 0.6) is 0 Å². The maximum atomic E-state index is 5.42. The molecule has 1 aromatic carbocycles. The van der Waals surface area contributed by atoms with Gasteiger partial charge in [-0.1, -0.05) is 24.3 Å². The maximum Gasteiger partial charge on any atom is 0.223 e. The molecule has 0 bridgehead atoms. The number of nitrogens with one attached hydrogen (secondary N) is 2. The summed E-state index contributed by atoms with van der Waals surface area (Å²) in [4.78, 5) is 14.9. The van der Waals surface area contributed by atoms with Gasteiger partial charge in [0.2, 0.25) is 5.95 Å². The zero-order chi connectivity index (χ0) is 19.5. The fourth-order valence-corrected chi connectivity index (χ4v) is 3.89. The number of nitrogens with zero attached hydrogens (tertiary/aromatic N) is 3. The Labute approximate surface area is 170 Å². The van der Waals surface area contributed by atoms with Crippen LogP contribution in [0.15, 0.2) is 60.9 Å². The van der Waals surface area contributed by atoms with Gasteiger partial charge in [0, 0.05) is 49.4 Å². The smallest absolute Gasteiger partial charge is 0.223 e. The van der Waals surface area contributed by atoms with E-state index >= 15 is 0 Å². The van der Waals surface area contributed by atoms with Crippen LogP contribution < -0.4 is 5.32 Å². The second kappa shape index (κ2) is 8.09. The van der Waals surface area contributed by atoms with Crippen LogP contribution in [0.2, 0.25) is 0 Å². The summed E-state index contributed by atoms with van der Waals surface area (Å²) >= 11 is 0. The summed E-state index contributed by atoms with van der Waals surface area (Å²) in [6.07, 6.45) is 10.3. The number of anilines is 1. The molecule has 0 saturated carbocycles. The Bertz CT molecular complexity index is 1020. The molecule has 5 rings (SSSR count). The van der Waals surface area contributed by atoms with E-state index in [0.29, 0.717) is 12.0 Å². The minimum atomic E-state index is 0.390. The fraction of sp³-hybridized carbons (Fsp3) is 0.304. The Morgan fingerprint density at radius 1 is 1.17 bits per heavy atom. The number of hydrogen-bond donors (Lipinski definition) is 2. The topological polar surface area (TPSA) is 66.1 Å². The number of benzene rings is 1. The number of rotatable bonds is 5. The highest BCUT2D eigenvalue weighted by Gasteiger charge is 2.15. The highest BCUT2D eigenvalue weighted by atomic mass is 16.5. The number of hydrogen-bond acceptors (Lipinski definition) is 5. The third-order valence-electron chi connectivity index (χ3n) is 5.48. The molecule has 0 amide bonds. The number of fused-ring (bicyclic) bond motifs is 1. The van der Waals surface area contributed by atoms with Crippen molar-refractivity contribution in [3.8, 4) is 0 Å². The van der Waals surface area contributed by atoms with Gasteiger partial charge in [-0.05, 0) is 48.1 Å². The van der Waals surface area contributed by atoms with Gasteiger partial charge in [0.25, 0.3) is 0 Å². The van der Waals surface area contributed by atoms with Crippen LogP contribution in [0.4, 0.5) is 5.95 Å². The van der Waals surface area contributed by atoms with Gasteiger partial charge in [-0.2, -0.15) is 0 Å². The van der Waals surface area contributed by atoms with Crippen molar-refractivity contribution in [2.75, 3.05) is 25.1 Å². The summed E-state index contributed by atoms with van der Waals surface area (Å²) in [5.41, 5.74) is 4.49. The van der Waals surface area contributed by atoms with Crippen molar-refractivity contribution in [3.05, 3.63) is 72.3 Å². The van der Waals surface area contributed by atoms with Crippen molar-refractivity contribution in [2.45, 2.75) is 25.4 Å². The van der Waals surface area contributed by atoms with Gasteiger partial charge < -0.3 is 19.9 Å². The van der Waals surface area contributed by atoms with Gasteiger partial charge >= 0.3 is 0 Å². The molecule has 3 aromatic rings. The monoisotopic (exact) mass is 387 g/mol. The van der Waals surface area contributed by atoms with Crippen molar-refractivity contribution in [1.82, 2.24) is 19.9 Å². The van der Waals surface area contributed by atoms with Crippen molar-refractivity contribution >= 4 is 22.4 Å². The third-order valence-corrected chi connectivity index (χ3v) is 5.48. The van der Waals surface area contributed by atoms with Crippen LogP contribution >= 0.6 is 0 Å². The second-order valence-electron chi connectivity index (χ2n) is 7.58. The highest BCUT2D eigenvalue weighted by Crippen LogP contribution is 2.22. The molecule has 4 heterocycles. The average molecular weight is 387 g/mol. The Morgan fingerprint density at radius 3 is 2.90 bits per heavy atom. The van der Waals surface area contributed by atoms with Crippen LogP contribution in [0.1, 0.15) is 24.2 Å². The molecule has 1 fully saturated rings. The number of allylic oxidation sites excluding steroid dienone is 2. The quantitative estimate of drug-likeness (QED) is 0.694. The predicted octanol–water partition coefficient (Wildman–Crippen LogP) is 3.96. The lowest BCUT2D eigenvalue weighted by atomic mass is 10.1. The van der Waals surface area contributed by atoms with Crippen LogP contribution in [-0.4, -0.2) is 45.7 Å². The number of aromatic nitrogens is 3. The lowest BCUT2D eigenvalue weighted by Crippen LogP contribution is -2.28. The zero-order valence-electron chi connectivity index (χ0n) is 16.3. The lowest BCUT2D eigenvalue weighted by molar-refractivity contribution is 0.0903. The largest absolute Gasteiger partial charge is 0.381 e. The highest BCUT2D eigenvalue weighted by molar-refractivity contribution is 5.80. The molecule has 1 saturated heterocycles. The van der Waals surface area contributed by atoms with Crippen molar-refractivity contribution in [3.63, 3.8) is 0 Å². The van der Waals surface area contributed by atoms with Crippen molar-refractivity contribution in [2.24, 2.45) is 0 Å². The first-order valence-electron chi connectivity index (χ1n) is 10.2. The summed E-state index contributed by atoms with van der Waals surface area (Å²) in [6, 6.07) is 13.0. The Kier molecular flexibility index (Phi) is 5.01. The molecule has 0 unspecified atom stereocenters. The summed E-state index contributed by atoms with van der Waals surface area (Å²) < 4.78 is 5.42. The molecule has 2 N–H and O–H groups in total. The zero-order valence-corrected chi connectivity index (χ0v) is 16.3. The molecule has 0 atom stereocenters. The molecule has 2 aliphatic heterocycles. The Morgan fingerprint density at radius 2 is 2.07 bits per heavy atom. The van der Waals surface area contributed by atoms with E-state index < -0.39 is 0 Å². The van der Waals surface area contributed by atoms with Crippen LogP contribution in [-0.2, 0) is 11.3 Å². The molecule has 0 aliphatic carbocycles. The van der Waals surface area contributed by atoms with Crippen molar-refractivity contribution in [1.29, 1.82) is 0 Å². The summed E-state index contributed by atoms with van der Waals surface area (Å²) in [5.74, 6) is 0.698. The summed E-state index contributed by atoms with van der Waals surface area (Å²) in [7, 11) is 0. The Balaban J connectivity index is 1.23. The molecule has 148 valence electrons. The number of H-pyrrole nitrogens is 1. The number of aromatic amines is 1. The minimum absolute atomic E-state index is 0.390. The molecular weight excluding hydrogens is 362 g/mol. The standard InChI is InChI=1S/C23H25N5O/c1-2-4-21-18(3-1)15-20(25-21)16-28-11-6-17(7-12-28)22-5-10-24-23(27-22)26-19-8-13-29-14-9-19/h1-7,10-11,15,19,25H,8-9,12-14,16H2,(H,24,26,27). The van der Waals surface area contributed by atoms with E-state index in [9.17, 15) is 0 Å². The molecule has 0 radical (unpaired) electrons. The van der Waals surface area contributed by atoms with Crippen LogP contribution in [0.25, 0.3) is 16.5 Å². The second-order valence-corrected chi connectivity index (χ2v) is 7.58. The van der Waals surface area contributed by atoms with Gasteiger partial charge in [0.05, 0.1) is 12.2 Å². The minimum Gasteiger partial charge on any atom is -0.381 e. The van der Waals surface area contributed by atoms with Crippen molar-refractivity contribution < 1.29 is 4.74 Å². The number of ether oxygens (including phenoxy) is 1. The average Bonchev–Trinajstić information content (AvgIpc) is 3.17. The maximum absolute atomic E-state index is 5.42. The lowest BCUT2D eigenvalue weighted by Gasteiger charge is -2.24. The van der Waals surface area contributed by atoms with E-state index in [4.69, 9.17) is 9.72 Å². The van der Waals surface area contributed by atoms with Crippen LogP contribution in [0.3, 0.4) is 0 Å². The van der Waals surface area contributed by atoms with Gasteiger partial charge in [-0.25, -0.2) is 9.97 Å².